The Morgan fingerprint density at radius 1 is 1.17 bits per heavy atom. The summed E-state index contributed by atoms with van der Waals surface area (Å²) in [7, 11) is 0. The van der Waals surface area contributed by atoms with E-state index in [0.717, 1.165) is 10.1 Å². The number of hydrogen-bond donors (Lipinski definition) is 2. The molecule has 2 rings (SSSR count). The maximum Gasteiger partial charge on any atom is 0.412 e. The number of amides is 1. The quantitative estimate of drug-likeness (QED) is 0.877. The largest absolute Gasteiger partial charge is 0.480 e. The van der Waals surface area contributed by atoms with Gasteiger partial charge < -0.3 is 9.84 Å². The Balaban J connectivity index is 2.12. The van der Waals surface area contributed by atoms with E-state index in [2.05, 4.69) is 5.32 Å². The van der Waals surface area contributed by atoms with Crippen molar-refractivity contribution in [3.8, 4) is 0 Å². The van der Waals surface area contributed by atoms with E-state index in [1.807, 2.05) is 18.2 Å². The zero-order valence-corrected chi connectivity index (χ0v) is 13.4. The summed E-state index contributed by atoms with van der Waals surface area (Å²) in [4.78, 5) is 35.5. The SMILES string of the molecule is CC(C)(C(=O)O)n1cccc(NC(=O)OCc2ccccc2)c1=O. The second kappa shape index (κ2) is 6.99. The summed E-state index contributed by atoms with van der Waals surface area (Å²) in [6.45, 7) is 2.86. The number of nitrogens with zero attached hydrogens (tertiary/aromatic N) is 1. The number of nitrogens with one attached hydrogen (secondary N) is 1. The summed E-state index contributed by atoms with van der Waals surface area (Å²) in [5.74, 6) is -1.16. The molecule has 0 spiro atoms. The molecule has 0 saturated carbocycles. The number of carbonyl (C=O) groups excluding carboxylic acids is 1. The van der Waals surface area contributed by atoms with Crippen LogP contribution in [0.5, 0.6) is 0 Å². The van der Waals surface area contributed by atoms with Gasteiger partial charge in [0.1, 0.15) is 17.8 Å². The fourth-order valence-corrected chi connectivity index (χ4v) is 2.00. The van der Waals surface area contributed by atoms with Crippen molar-refractivity contribution in [1.82, 2.24) is 4.57 Å². The summed E-state index contributed by atoms with van der Waals surface area (Å²) in [6.07, 6.45) is 0.568. The average Bonchev–Trinajstić information content (AvgIpc) is 2.55. The molecule has 7 nitrogen and oxygen atoms in total. The molecule has 0 bridgehead atoms. The fourth-order valence-electron chi connectivity index (χ4n) is 2.00. The molecule has 1 heterocycles. The molecule has 126 valence electrons. The molecule has 0 aliphatic heterocycles. The summed E-state index contributed by atoms with van der Waals surface area (Å²) in [5, 5.41) is 11.6. The molecule has 0 radical (unpaired) electrons. The van der Waals surface area contributed by atoms with Crippen LogP contribution >= 0.6 is 0 Å². The molecule has 1 aromatic carbocycles. The van der Waals surface area contributed by atoms with E-state index in [4.69, 9.17) is 4.74 Å². The van der Waals surface area contributed by atoms with E-state index in [9.17, 15) is 19.5 Å². The van der Waals surface area contributed by atoms with Crippen molar-refractivity contribution in [2.75, 3.05) is 5.32 Å². The van der Waals surface area contributed by atoms with Crippen molar-refractivity contribution in [3.05, 3.63) is 64.6 Å². The third-order valence-corrected chi connectivity index (χ3v) is 3.52. The number of ether oxygens (including phenoxy) is 1. The van der Waals surface area contributed by atoms with Crippen LogP contribution in [0.25, 0.3) is 0 Å². The smallest absolute Gasteiger partial charge is 0.412 e. The lowest BCUT2D eigenvalue weighted by Gasteiger charge is -2.23. The molecular weight excluding hydrogens is 312 g/mol. The van der Waals surface area contributed by atoms with Gasteiger partial charge in [0.2, 0.25) is 0 Å². The van der Waals surface area contributed by atoms with Crippen LogP contribution in [-0.2, 0) is 21.7 Å². The molecule has 24 heavy (non-hydrogen) atoms. The molecule has 0 unspecified atom stereocenters. The number of pyridine rings is 1. The minimum atomic E-state index is -1.44. The topological polar surface area (TPSA) is 97.6 Å². The maximum absolute atomic E-state index is 12.4. The van der Waals surface area contributed by atoms with Gasteiger partial charge in [-0.15, -0.1) is 0 Å². The number of hydrogen-bond acceptors (Lipinski definition) is 4. The summed E-state index contributed by atoms with van der Waals surface area (Å²) in [6, 6.07) is 12.0. The Morgan fingerprint density at radius 2 is 1.83 bits per heavy atom. The van der Waals surface area contributed by atoms with Crippen LogP contribution in [0.4, 0.5) is 10.5 Å². The van der Waals surface area contributed by atoms with E-state index in [0.29, 0.717) is 0 Å². The highest BCUT2D eigenvalue weighted by molar-refractivity contribution is 5.84. The van der Waals surface area contributed by atoms with Crippen LogP contribution in [0.1, 0.15) is 19.4 Å². The van der Waals surface area contributed by atoms with Crippen LogP contribution in [0, 0.1) is 0 Å². The van der Waals surface area contributed by atoms with Crippen LogP contribution in [0.3, 0.4) is 0 Å². The van der Waals surface area contributed by atoms with Gasteiger partial charge in [0.15, 0.2) is 0 Å². The van der Waals surface area contributed by atoms with Gasteiger partial charge in [-0.2, -0.15) is 0 Å². The lowest BCUT2D eigenvalue weighted by molar-refractivity contribution is -0.145. The molecule has 1 aromatic heterocycles. The highest BCUT2D eigenvalue weighted by Gasteiger charge is 2.30. The van der Waals surface area contributed by atoms with Crippen molar-refractivity contribution in [2.24, 2.45) is 0 Å². The van der Waals surface area contributed by atoms with Crippen LogP contribution in [-0.4, -0.2) is 21.7 Å². The normalized spacial score (nSPS) is 10.9. The van der Waals surface area contributed by atoms with Crippen molar-refractivity contribution in [3.63, 3.8) is 0 Å². The van der Waals surface area contributed by atoms with E-state index in [-0.39, 0.29) is 12.3 Å². The molecule has 2 N–H and O–H groups in total. The predicted octanol–water partition coefficient (Wildman–Crippen LogP) is 2.42. The molecule has 2 aromatic rings. The molecule has 0 aliphatic rings. The van der Waals surface area contributed by atoms with Crippen molar-refractivity contribution >= 4 is 17.7 Å². The first-order valence-electron chi connectivity index (χ1n) is 7.25. The fraction of sp³-hybridized carbons (Fsp3) is 0.235. The average molecular weight is 330 g/mol. The third kappa shape index (κ3) is 3.81. The Kier molecular flexibility index (Phi) is 5.03. The maximum atomic E-state index is 12.4. The standard InChI is InChI=1S/C17H18N2O5/c1-17(2,15(21)22)19-10-6-9-13(14(19)20)18-16(23)24-11-12-7-4-3-5-8-12/h3-10H,11H2,1-2H3,(H,18,23)(H,21,22). The number of aromatic nitrogens is 1. The number of rotatable bonds is 5. The van der Waals surface area contributed by atoms with Crippen LogP contribution < -0.4 is 10.9 Å². The number of carboxylic acids is 1. The second-order valence-corrected chi connectivity index (χ2v) is 5.65. The molecule has 0 atom stereocenters. The molecular formula is C17H18N2O5. The Hall–Kier alpha value is -3.09. The lowest BCUT2D eigenvalue weighted by Crippen LogP contribution is -2.43. The minimum Gasteiger partial charge on any atom is -0.480 e. The first-order valence-corrected chi connectivity index (χ1v) is 7.25. The summed E-state index contributed by atoms with van der Waals surface area (Å²) in [5.41, 5.74) is -1.31. The van der Waals surface area contributed by atoms with Crippen LogP contribution in [0.15, 0.2) is 53.5 Å². The van der Waals surface area contributed by atoms with Gasteiger partial charge in [-0.3, -0.25) is 14.7 Å². The number of carboxylic acid groups (broad SMARTS) is 1. The number of benzene rings is 1. The third-order valence-electron chi connectivity index (χ3n) is 3.52. The van der Waals surface area contributed by atoms with E-state index < -0.39 is 23.2 Å². The molecule has 0 aliphatic carbocycles. The molecule has 0 saturated heterocycles. The Labute approximate surface area is 138 Å². The number of anilines is 1. The van der Waals surface area contributed by atoms with E-state index in [1.54, 1.807) is 12.1 Å². The van der Waals surface area contributed by atoms with Gasteiger partial charge in [-0.25, -0.2) is 9.59 Å². The van der Waals surface area contributed by atoms with Crippen molar-refractivity contribution < 1.29 is 19.4 Å². The van der Waals surface area contributed by atoms with Gasteiger partial charge in [0.25, 0.3) is 5.56 Å². The highest BCUT2D eigenvalue weighted by atomic mass is 16.5. The van der Waals surface area contributed by atoms with Crippen LogP contribution in [0.2, 0.25) is 0 Å². The van der Waals surface area contributed by atoms with Gasteiger partial charge in [-0.1, -0.05) is 30.3 Å². The van der Waals surface area contributed by atoms with Gasteiger partial charge in [0.05, 0.1) is 0 Å². The summed E-state index contributed by atoms with van der Waals surface area (Å²) >= 11 is 0. The van der Waals surface area contributed by atoms with E-state index >= 15 is 0 Å². The highest BCUT2D eigenvalue weighted by Crippen LogP contribution is 2.14. The Bertz CT molecular complexity index is 796. The van der Waals surface area contributed by atoms with Gasteiger partial charge in [-0.05, 0) is 31.5 Å². The number of aliphatic carboxylic acids is 1. The zero-order valence-electron chi connectivity index (χ0n) is 13.4. The molecule has 7 heteroatoms. The summed E-state index contributed by atoms with van der Waals surface area (Å²) < 4.78 is 6.09. The minimum absolute atomic E-state index is 0.0510. The predicted molar refractivity (Wildman–Crippen MR) is 87.9 cm³/mol. The van der Waals surface area contributed by atoms with Gasteiger partial charge >= 0.3 is 12.1 Å². The van der Waals surface area contributed by atoms with Crippen molar-refractivity contribution in [2.45, 2.75) is 26.0 Å². The first-order chi connectivity index (χ1) is 11.3. The molecule has 1 amide bonds. The first kappa shape index (κ1) is 17.3. The number of carbonyl (C=O) groups is 2. The monoisotopic (exact) mass is 330 g/mol. The second-order valence-electron chi connectivity index (χ2n) is 5.65. The molecule has 0 fully saturated rings. The zero-order chi connectivity index (χ0) is 17.7. The Morgan fingerprint density at radius 3 is 2.46 bits per heavy atom. The lowest BCUT2D eigenvalue weighted by atomic mass is 10.1. The van der Waals surface area contributed by atoms with Gasteiger partial charge in [0, 0.05) is 6.20 Å². The van der Waals surface area contributed by atoms with E-state index in [1.165, 1.54) is 32.2 Å². The van der Waals surface area contributed by atoms with Crippen molar-refractivity contribution in [1.29, 1.82) is 0 Å².